The number of nitrogens with zero attached hydrogens (tertiary/aromatic N) is 4. The Labute approximate surface area is 226 Å². The van der Waals surface area contributed by atoms with E-state index in [4.69, 9.17) is 0 Å². The SMILES string of the molecule is C=C/C(=C\C(=C/C)c1cc2c(-c3cc4c(-c5cccc(F)c5)ccnc4[nH]3)n[nH]c2cn1)NC(=C)CN(C)C. The fourth-order valence-electron chi connectivity index (χ4n) is 4.59. The number of halogens is 1. The summed E-state index contributed by atoms with van der Waals surface area (Å²) < 4.78 is 13.9. The molecule has 196 valence electrons. The van der Waals surface area contributed by atoms with Crippen LogP contribution in [-0.4, -0.2) is 50.7 Å². The Morgan fingerprint density at radius 3 is 2.72 bits per heavy atom. The van der Waals surface area contributed by atoms with Gasteiger partial charge in [-0.15, -0.1) is 0 Å². The number of likely N-dealkylation sites (N-methyl/N-ethyl adjacent to an activating group) is 1. The average molecular weight is 520 g/mol. The molecule has 0 aliphatic rings. The van der Waals surface area contributed by atoms with Gasteiger partial charge in [-0.1, -0.05) is 31.4 Å². The number of nitrogens with one attached hydrogen (secondary N) is 3. The van der Waals surface area contributed by atoms with Crippen LogP contribution >= 0.6 is 0 Å². The zero-order valence-electron chi connectivity index (χ0n) is 22.2. The third-order valence-electron chi connectivity index (χ3n) is 6.34. The summed E-state index contributed by atoms with van der Waals surface area (Å²) >= 11 is 0. The molecule has 0 aliphatic carbocycles. The first kappa shape index (κ1) is 25.8. The van der Waals surface area contributed by atoms with E-state index in [1.165, 1.54) is 12.1 Å². The molecule has 3 N–H and O–H groups in total. The number of rotatable bonds is 9. The number of hydrogen-bond donors (Lipinski definition) is 3. The van der Waals surface area contributed by atoms with Crippen LogP contribution in [0.1, 0.15) is 12.6 Å². The van der Waals surface area contributed by atoms with E-state index in [2.05, 4.69) is 43.6 Å². The van der Waals surface area contributed by atoms with Crippen LogP contribution in [0, 0.1) is 5.82 Å². The van der Waals surface area contributed by atoms with Crippen molar-refractivity contribution in [3.05, 3.63) is 109 Å². The number of benzene rings is 1. The maximum absolute atomic E-state index is 13.9. The van der Waals surface area contributed by atoms with E-state index in [-0.39, 0.29) is 5.82 Å². The van der Waals surface area contributed by atoms with E-state index in [0.29, 0.717) is 12.2 Å². The van der Waals surface area contributed by atoms with Crippen LogP contribution in [0.2, 0.25) is 0 Å². The van der Waals surface area contributed by atoms with E-state index < -0.39 is 0 Å². The third kappa shape index (κ3) is 5.42. The summed E-state index contributed by atoms with van der Waals surface area (Å²) in [6.45, 7) is 10.7. The first-order valence-electron chi connectivity index (χ1n) is 12.5. The van der Waals surface area contributed by atoms with Crippen molar-refractivity contribution in [2.24, 2.45) is 0 Å². The fourth-order valence-corrected chi connectivity index (χ4v) is 4.59. The van der Waals surface area contributed by atoms with Crippen molar-refractivity contribution in [2.45, 2.75) is 6.92 Å². The van der Waals surface area contributed by atoms with Crippen molar-refractivity contribution >= 4 is 27.5 Å². The van der Waals surface area contributed by atoms with Crippen molar-refractivity contribution in [1.82, 2.24) is 35.4 Å². The van der Waals surface area contributed by atoms with Crippen molar-refractivity contribution < 1.29 is 4.39 Å². The van der Waals surface area contributed by atoms with Gasteiger partial charge in [0.1, 0.15) is 17.2 Å². The van der Waals surface area contributed by atoms with E-state index in [1.54, 1.807) is 24.5 Å². The molecule has 0 fully saturated rings. The molecular weight excluding hydrogens is 489 g/mol. The molecule has 7 nitrogen and oxygen atoms in total. The molecule has 0 spiro atoms. The van der Waals surface area contributed by atoms with Gasteiger partial charge in [-0.3, -0.25) is 10.1 Å². The summed E-state index contributed by atoms with van der Waals surface area (Å²) in [7, 11) is 3.99. The molecule has 1 aromatic carbocycles. The third-order valence-corrected chi connectivity index (χ3v) is 6.34. The van der Waals surface area contributed by atoms with Crippen LogP contribution in [0.5, 0.6) is 0 Å². The minimum Gasteiger partial charge on any atom is -0.358 e. The number of pyridine rings is 2. The van der Waals surface area contributed by atoms with Crippen molar-refractivity contribution in [3.63, 3.8) is 0 Å². The number of aromatic nitrogens is 5. The summed E-state index contributed by atoms with van der Waals surface area (Å²) in [4.78, 5) is 14.6. The highest BCUT2D eigenvalue weighted by Crippen LogP contribution is 2.34. The lowest BCUT2D eigenvalue weighted by Gasteiger charge is -2.15. The number of H-pyrrole nitrogens is 2. The fraction of sp³-hybridized carbons (Fsp3) is 0.129. The number of allylic oxidation sites excluding steroid dienone is 4. The molecule has 0 amide bonds. The van der Waals surface area contributed by atoms with E-state index in [9.17, 15) is 4.39 Å². The maximum atomic E-state index is 13.9. The number of hydrogen-bond acceptors (Lipinski definition) is 5. The zero-order chi connectivity index (χ0) is 27.5. The summed E-state index contributed by atoms with van der Waals surface area (Å²) in [6.07, 6.45) is 9.27. The van der Waals surface area contributed by atoms with Gasteiger partial charge in [-0.2, -0.15) is 5.10 Å². The Hall–Kier alpha value is -4.82. The molecule has 0 aliphatic heterocycles. The van der Waals surface area contributed by atoms with Crippen LogP contribution in [0.25, 0.3) is 50.0 Å². The van der Waals surface area contributed by atoms with E-state index in [1.807, 2.05) is 62.3 Å². The second kappa shape index (κ2) is 10.9. The van der Waals surface area contributed by atoms with Gasteiger partial charge in [-0.25, -0.2) is 9.37 Å². The van der Waals surface area contributed by atoms with Crippen molar-refractivity contribution in [3.8, 4) is 22.5 Å². The second-order valence-corrected chi connectivity index (χ2v) is 9.52. The van der Waals surface area contributed by atoms with Crippen LogP contribution in [-0.2, 0) is 0 Å². The molecule has 4 heterocycles. The number of fused-ring (bicyclic) bond motifs is 2. The largest absolute Gasteiger partial charge is 0.358 e. The second-order valence-electron chi connectivity index (χ2n) is 9.52. The lowest BCUT2D eigenvalue weighted by atomic mass is 10.0. The van der Waals surface area contributed by atoms with E-state index >= 15 is 0 Å². The van der Waals surface area contributed by atoms with Gasteiger partial charge < -0.3 is 15.2 Å². The lowest BCUT2D eigenvalue weighted by Crippen LogP contribution is -2.23. The minimum atomic E-state index is -0.280. The van der Waals surface area contributed by atoms with Gasteiger partial charge in [0.25, 0.3) is 0 Å². The van der Waals surface area contributed by atoms with Gasteiger partial charge >= 0.3 is 0 Å². The standard InChI is InChI=1S/C31H30FN7/c1-6-20(14-23(7-2)35-19(3)18-39(4)5)27-16-26-29(17-34-27)37-38-30(26)28-15-25-24(11-12-33-31(25)36-28)21-9-8-10-22(32)13-21/h6-17,35H,2-3,18H2,1,4-5H3,(H,33,36)(H,37,38)/b20-6+,23-14+. The van der Waals surface area contributed by atoms with Crippen LogP contribution in [0.3, 0.4) is 0 Å². The number of aromatic amines is 2. The smallest absolute Gasteiger partial charge is 0.138 e. The van der Waals surface area contributed by atoms with Crippen molar-refractivity contribution in [2.75, 3.05) is 20.6 Å². The van der Waals surface area contributed by atoms with E-state index in [0.717, 1.165) is 61.5 Å². The summed E-state index contributed by atoms with van der Waals surface area (Å²) in [5.74, 6) is -0.280. The van der Waals surface area contributed by atoms with Crippen LogP contribution in [0.4, 0.5) is 4.39 Å². The monoisotopic (exact) mass is 519 g/mol. The Bertz CT molecular complexity index is 1750. The highest BCUT2D eigenvalue weighted by atomic mass is 19.1. The maximum Gasteiger partial charge on any atom is 0.138 e. The molecule has 0 saturated carbocycles. The summed E-state index contributed by atoms with van der Waals surface area (Å²) in [5.41, 5.74) is 8.16. The van der Waals surface area contributed by atoms with Gasteiger partial charge in [0.05, 0.1) is 23.1 Å². The molecule has 5 rings (SSSR count). The Morgan fingerprint density at radius 2 is 1.97 bits per heavy atom. The van der Waals surface area contributed by atoms with Gasteiger partial charge in [0, 0.05) is 34.9 Å². The Morgan fingerprint density at radius 1 is 1.13 bits per heavy atom. The predicted octanol–water partition coefficient (Wildman–Crippen LogP) is 6.45. The molecule has 39 heavy (non-hydrogen) atoms. The first-order valence-corrected chi connectivity index (χ1v) is 12.5. The Kier molecular flexibility index (Phi) is 7.21. The minimum absolute atomic E-state index is 0.280. The van der Waals surface area contributed by atoms with Crippen LogP contribution < -0.4 is 5.32 Å². The first-order chi connectivity index (χ1) is 18.9. The zero-order valence-corrected chi connectivity index (χ0v) is 22.2. The molecule has 8 heteroatoms. The highest BCUT2D eigenvalue weighted by Gasteiger charge is 2.16. The molecule has 0 saturated heterocycles. The van der Waals surface area contributed by atoms with Gasteiger partial charge in [0.2, 0.25) is 0 Å². The lowest BCUT2D eigenvalue weighted by molar-refractivity contribution is 0.438. The molecule has 5 aromatic rings. The normalized spacial score (nSPS) is 12.4. The highest BCUT2D eigenvalue weighted by molar-refractivity contribution is 6.00. The molecule has 4 aromatic heterocycles. The van der Waals surface area contributed by atoms with Gasteiger partial charge in [0.15, 0.2) is 0 Å². The average Bonchev–Trinajstić information content (AvgIpc) is 3.54. The molecule has 0 atom stereocenters. The quantitative estimate of drug-likeness (QED) is 0.195. The van der Waals surface area contributed by atoms with Crippen LogP contribution in [0.15, 0.2) is 97.6 Å². The molecule has 0 unspecified atom stereocenters. The summed E-state index contributed by atoms with van der Waals surface area (Å²) in [6, 6.07) is 12.5. The molecular formula is C31H30FN7. The predicted molar refractivity (Wildman–Crippen MR) is 157 cm³/mol. The topological polar surface area (TPSA) is 85.5 Å². The Balaban J connectivity index is 1.53. The molecule has 0 bridgehead atoms. The van der Waals surface area contributed by atoms with Gasteiger partial charge in [-0.05, 0) is 80.2 Å². The summed E-state index contributed by atoms with van der Waals surface area (Å²) in [5, 5.41) is 12.8. The molecule has 0 radical (unpaired) electrons. The van der Waals surface area contributed by atoms with Crippen molar-refractivity contribution in [1.29, 1.82) is 0 Å².